The Morgan fingerprint density at radius 3 is 2.33 bits per heavy atom. The molecule has 2 rings (SSSR count). The molecule has 3 heteroatoms. The van der Waals surface area contributed by atoms with Gasteiger partial charge in [0.15, 0.2) is 11.5 Å². The van der Waals surface area contributed by atoms with Crippen LogP contribution in [0.4, 0.5) is 0 Å². The molecular formula is C24H25NO2. The molecule has 138 valence electrons. The van der Waals surface area contributed by atoms with Crippen LogP contribution in [0.2, 0.25) is 0 Å². The molecule has 2 aromatic carbocycles. The summed E-state index contributed by atoms with van der Waals surface area (Å²) in [5, 5.41) is 19.5. The second-order valence-electron chi connectivity index (χ2n) is 5.98. The van der Waals surface area contributed by atoms with E-state index in [-0.39, 0.29) is 11.5 Å². The molecule has 0 saturated heterocycles. The van der Waals surface area contributed by atoms with E-state index in [1.807, 2.05) is 56.3 Å². The average Bonchev–Trinajstić information content (AvgIpc) is 2.70. The van der Waals surface area contributed by atoms with Crippen LogP contribution in [0.1, 0.15) is 31.4 Å². The standard InChI is InChI=1S/C24H25NO2/c1-4-9-18(5-2)12-13-20(21-14-15-23(26)24(27)17-21)16-22(25-3)19-10-7-6-8-11-19/h4-11,13-17,26-27H,3,12H2,1-2H3/b9-4-,18-5+,20-13+,22-16-. The van der Waals surface area contributed by atoms with Crippen molar-refractivity contribution in [3.63, 3.8) is 0 Å². The first-order valence-electron chi connectivity index (χ1n) is 8.83. The highest BCUT2D eigenvalue weighted by molar-refractivity contribution is 5.85. The lowest BCUT2D eigenvalue weighted by Crippen LogP contribution is -1.87. The van der Waals surface area contributed by atoms with Gasteiger partial charge in [-0.05, 0) is 61.9 Å². The van der Waals surface area contributed by atoms with E-state index in [4.69, 9.17) is 0 Å². The predicted octanol–water partition coefficient (Wildman–Crippen LogP) is 6.14. The molecule has 0 spiro atoms. The van der Waals surface area contributed by atoms with Crippen LogP contribution in [0.3, 0.4) is 0 Å². The second-order valence-corrected chi connectivity index (χ2v) is 5.98. The van der Waals surface area contributed by atoms with E-state index in [1.165, 1.54) is 11.6 Å². The van der Waals surface area contributed by atoms with Gasteiger partial charge in [-0.2, -0.15) is 0 Å². The summed E-state index contributed by atoms with van der Waals surface area (Å²) in [6.45, 7) is 7.69. The second kappa shape index (κ2) is 9.97. The summed E-state index contributed by atoms with van der Waals surface area (Å²) >= 11 is 0. The maximum absolute atomic E-state index is 9.91. The summed E-state index contributed by atoms with van der Waals surface area (Å²) in [7, 11) is 0. The maximum Gasteiger partial charge on any atom is 0.158 e. The van der Waals surface area contributed by atoms with Gasteiger partial charge >= 0.3 is 0 Å². The van der Waals surface area contributed by atoms with Crippen molar-refractivity contribution in [2.24, 2.45) is 4.99 Å². The molecule has 27 heavy (non-hydrogen) atoms. The number of aromatic hydroxyl groups is 2. The van der Waals surface area contributed by atoms with Crippen LogP contribution in [-0.4, -0.2) is 16.9 Å². The molecule has 0 bridgehead atoms. The molecule has 0 atom stereocenters. The van der Waals surface area contributed by atoms with Crippen LogP contribution in [0.25, 0.3) is 11.3 Å². The van der Waals surface area contributed by atoms with E-state index in [2.05, 4.69) is 29.9 Å². The number of phenolic OH excluding ortho intramolecular Hbond substituents is 2. The van der Waals surface area contributed by atoms with E-state index >= 15 is 0 Å². The van der Waals surface area contributed by atoms with Gasteiger partial charge in [0, 0.05) is 5.56 Å². The van der Waals surface area contributed by atoms with E-state index < -0.39 is 0 Å². The molecule has 0 aliphatic heterocycles. The molecule has 2 aromatic rings. The van der Waals surface area contributed by atoms with Gasteiger partial charge in [0.2, 0.25) is 0 Å². The largest absolute Gasteiger partial charge is 0.504 e. The minimum Gasteiger partial charge on any atom is -0.504 e. The third kappa shape index (κ3) is 5.58. The molecule has 2 N–H and O–H groups in total. The van der Waals surface area contributed by atoms with Crippen LogP contribution >= 0.6 is 0 Å². The highest BCUT2D eigenvalue weighted by Crippen LogP contribution is 2.31. The minimum atomic E-state index is -0.153. The fourth-order valence-electron chi connectivity index (χ4n) is 2.66. The maximum atomic E-state index is 9.91. The fourth-order valence-corrected chi connectivity index (χ4v) is 2.66. The number of nitrogens with zero attached hydrogens (tertiary/aromatic N) is 1. The van der Waals surface area contributed by atoms with E-state index in [0.29, 0.717) is 0 Å². The van der Waals surface area contributed by atoms with Crippen molar-refractivity contribution in [1.82, 2.24) is 0 Å². The molecule has 0 amide bonds. The third-order valence-electron chi connectivity index (χ3n) is 4.15. The lowest BCUT2D eigenvalue weighted by Gasteiger charge is -2.09. The zero-order chi connectivity index (χ0) is 19.6. The third-order valence-corrected chi connectivity index (χ3v) is 4.15. The van der Waals surface area contributed by atoms with Crippen molar-refractivity contribution < 1.29 is 10.2 Å². The number of phenols is 2. The quantitative estimate of drug-likeness (QED) is 0.355. The summed E-state index contributed by atoms with van der Waals surface area (Å²) in [4.78, 5) is 4.18. The topological polar surface area (TPSA) is 52.8 Å². The number of hydrogen-bond acceptors (Lipinski definition) is 3. The van der Waals surface area contributed by atoms with Crippen molar-refractivity contribution in [2.75, 3.05) is 0 Å². The highest BCUT2D eigenvalue weighted by Gasteiger charge is 2.07. The number of benzene rings is 2. The van der Waals surface area contributed by atoms with Crippen molar-refractivity contribution in [1.29, 1.82) is 0 Å². The van der Waals surface area contributed by atoms with Crippen molar-refractivity contribution in [2.45, 2.75) is 20.3 Å². The number of aliphatic imine (C=N–C) groups is 1. The molecule has 0 saturated carbocycles. The first-order chi connectivity index (χ1) is 13.1. The van der Waals surface area contributed by atoms with Crippen molar-refractivity contribution in [3.8, 4) is 11.5 Å². The molecular weight excluding hydrogens is 334 g/mol. The zero-order valence-corrected chi connectivity index (χ0v) is 15.8. The Kier molecular flexibility index (Phi) is 7.38. The molecule has 0 fully saturated rings. The summed E-state index contributed by atoms with van der Waals surface area (Å²) in [5.41, 5.74) is 4.56. The summed E-state index contributed by atoms with van der Waals surface area (Å²) in [6.07, 6.45) is 10.9. The Morgan fingerprint density at radius 2 is 1.74 bits per heavy atom. The first kappa shape index (κ1) is 20.0. The van der Waals surface area contributed by atoms with Gasteiger partial charge in [-0.25, -0.2) is 0 Å². The first-order valence-corrected chi connectivity index (χ1v) is 8.83. The summed E-state index contributed by atoms with van der Waals surface area (Å²) < 4.78 is 0. The number of hydrogen-bond donors (Lipinski definition) is 2. The smallest absolute Gasteiger partial charge is 0.158 e. The molecule has 0 unspecified atom stereocenters. The normalized spacial score (nSPS) is 13.2. The molecule has 3 nitrogen and oxygen atoms in total. The van der Waals surface area contributed by atoms with Gasteiger partial charge in [-0.15, -0.1) is 0 Å². The molecule has 0 aliphatic rings. The van der Waals surface area contributed by atoms with Gasteiger partial charge < -0.3 is 10.2 Å². The fraction of sp³-hybridized carbons (Fsp3) is 0.125. The Labute approximate surface area is 161 Å². The van der Waals surface area contributed by atoms with Crippen LogP contribution in [0, 0.1) is 0 Å². The van der Waals surface area contributed by atoms with Crippen molar-refractivity contribution in [3.05, 3.63) is 95.6 Å². The van der Waals surface area contributed by atoms with Crippen LogP contribution in [0.5, 0.6) is 11.5 Å². The van der Waals surface area contributed by atoms with E-state index in [9.17, 15) is 10.2 Å². The SMILES string of the molecule is C=N/C(=C\C(=C/CC(/C=C\C)=C/C)c1ccc(O)c(O)c1)c1ccccc1. The molecule has 0 heterocycles. The molecule has 0 aliphatic carbocycles. The van der Waals surface area contributed by atoms with Gasteiger partial charge in [0.25, 0.3) is 0 Å². The Morgan fingerprint density at radius 1 is 1.00 bits per heavy atom. The summed E-state index contributed by atoms with van der Waals surface area (Å²) in [5.74, 6) is -0.297. The van der Waals surface area contributed by atoms with E-state index in [1.54, 1.807) is 12.1 Å². The van der Waals surface area contributed by atoms with Crippen LogP contribution in [-0.2, 0) is 0 Å². The average molecular weight is 359 g/mol. The Balaban J connectivity index is 2.52. The Bertz CT molecular complexity index is 903. The lowest BCUT2D eigenvalue weighted by molar-refractivity contribution is 0.403. The zero-order valence-electron chi connectivity index (χ0n) is 15.8. The van der Waals surface area contributed by atoms with Gasteiger partial charge in [-0.3, -0.25) is 4.99 Å². The highest BCUT2D eigenvalue weighted by atomic mass is 16.3. The minimum absolute atomic E-state index is 0.143. The van der Waals surface area contributed by atoms with Crippen LogP contribution in [0.15, 0.2) is 89.5 Å². The predicted molar refractivity (Wildman–Crippen MR) is 115 cm³/mol. The lowest BCUT2D eigenvalue weighted by atomic mass is 9.99. The summed E-state index contributed by atoms with van der Waals surface area (Å²) in [6, 6.07) is 14.6. The molecule has 0 aromatic heterocycles. The van der Waals surface area contributed by atoms with Crippen LogP contribution < -0.4 is 0 Å². The number of rotatable bonds is 7. The van der Waals surface area contributed by atoms with E-state index in [0.717, 1.165) is 28.8 Å². The van der Waals surface area contributed by atoms with Gasteiger partial charge in [-0.1, -0.05) is 60.7 Å². The molecule has 0 radical (unpaired) electrons. The van der Waals surface area contributed by atoms with Gasteiger partial charge in [0.05, 0.1) is 5.70 Å². The number of allylic oxidation sites excluding steroid dienone is 7. The monoisotopic (exact) mass is 359 g/mol. The Hall–Kier alpha value is -3.33. The van der Waals surface area contributed by atoms with Gasteiger partial charge in [0.1, 0.15) is 0 Å². The van der Waals surface area contributed by atoms with Crippen molar-refractivity contribution >= 4 is 18.0 Å².